The molecule has 0 N–H and O–H groups in total. The number of rotatable bonds is 6. The molecule has 1 aliphatic carbocycles. The van der Waals surface area contributed by atoms with Crippen molar-refractivity contribution in [3.63, 3.8) is 0 Å². The minimum atomic E-state index is -0.478. The molecular formula is C25H33N3O. The van der Waals surface area contributed by atoms with E-state index in [0.29, 0.717) is 6.04 Å². The SMILES string of the molecule is CN1CC[C@H](N(C)C(=O)C2(N(C)CCc3ccccc3)Cc3ccccc3C2)C1. The van der Waals surface area contributed by atoms with Crippen LogP contribution in [0.1, 0.15) is 23.1 Å². The monoisotopic (exact) mass is 391 g/mol. The molecule has 2 aliphatic rings. The fourth-order valence-electron chi connectivity index (χ4n) is 5.06. The van der Waals surface area contributed by atoms with E-state index in [0.717, 1.165) is 45.3 Å². The summed E-state index contributed by atoms with van der Waals surface area (Å²) in [6.45, 7) is 2.92. The van der Waals surface area contributed by atoms with Crippen LogP contribution in [-0.4, -0.2) is 73.0 Å². The standard InChI is InChI=1S/C25H33N3O/c1-26-15-14-23(19-26)28(3)24(29)25(17-21-11-7-8-12-22(21)18-25)27(2)16-13-20-9-5-4-6-10-20/h4-12,23H,13-19H2,1-3H3/t23-/m0/s1. The maximum absolute atomic E-state index is 13.9. The molecule has 0 spiro atoms. The number of nitrogens with zero attached hydrogens (tertiary/aromatic N) is 3. The van der Waals surface area contributed by atoms with E-state index < -0.39 is 5.54 Å². The van der Waals surface area contributed by atoms with Gasteiger partial charge in [0.1, 0.15) is 5.54 Å². The molecule has 1 fully saturated rings. The van der Waals surface area contributed by atoms with Gasteiger partial charge in [-0.3, -0.25) is 9.69 Å². The summed E-state index contributed by atoms with van der Waals surface area (Å²) < 4.78 is 0. The average molecular weight is 392 g/mol. The second-order valence-electron chi connectivity index (χ2n) is 8.93. The Balaban J connectivity index is 1.57. The fourth-order valence-corrected chi connectivity index (χ4v) is 5.06. The molecule has 0 saturated carbocycles. The number of hydrogen-bond acceptors (Lipinski definition) is 3. The molecule has 154 valence electrons. The molecule has 1 atom stereocenters. The second kappa shape index (κ2) is 8.29. The summed E-state index contributed by atoms with van der Waals surface area (Å²) in [5, 5.41) is 0. The van der Waals surface area contributed by atoms with Crippen molar-refractivity contribution in [2.45, 2.75) is 37.3 Å². The van der Waals surface area contributed by atoms with Crippen LogP contribution in [0, 0.1) is 0 Å². The largest absolute Gasteiger partial charge is 0.340 e. The molecule has 1 saturated heterocycles. The molecule has 2 aromatic rings. The van der Waals surface area contributed by atoms with Gasteiger partial charge in [0.2, 0.25) is 5.91 Å². The van der Waals surface area contributed by atoms with E-state index >= 15 is 0 Å². The van der Waals surface area contributed by atoms with Crippen LogP contribution in [0.15, 0.2) is 54.6 Å². The zero-order valence-corrected chi connectivity index (χ0v) is 18.0. The summed E-state index contributed by atoms with van der Waals surface area (Å²) in [7, 11) is 6.30. The summed E-state index contributed by atoms with van der Waals surface area (Å²) in [6.07, 6.45) is 3.63. The number of hydrogen-bond donors (Lipinski definition) is 0. The van der Waals surface area contributed by atoms with E-state index in [-0.39, 0.29) is 5.91 Å². The zero-order chi connectivity index (χ0) is 20.4. The molecule has 1 amide bonds. The van der Waals surface area contributed by atoms with Crippen LogP contribution in [0.25, 0.3) is 0 Å². The van der Waals surface area contributed by atoms with Crippen molar-refractivity contribution in [3.05, 3.63) is 71.3 Å². The first-order chi connectivity index (χ1) is 14.0. The average Bonchev–Trinajstić information content (AvgIpc) is 3.36. The number of fused-ring (bicyclic) bond motifs is 1. The van der Waals surface area contributed by atoms with Crippen LogP contribution in [0.5, 0.6) is 0 Å². The smallest absolute Gasteiger partial charge is 0.243 e. The molecule has 4 nitrogen and oxygen atoms in total. The number of benzene rings is 2. The van der Waals surface area contributed by atoms with Crippen LogP contribution in [0.3, 0.4) is 0 Å². The third-order valence-electron chi connectivity index (χ3n) is 7.03. The normalized spacial score (nSPS) is 20.8. The van der Waals surface area contributed by atoms with Gasteiger partial charge in [-0.25, -0.2) is 0 Å². The van der Waals surface area contributed by atoms with E-state index in [2.05, 4.69) is 78.5 Å². The minimum absolute atomic E-state index is 0.282. The number of likely N-dealkylation sites (tertiary alicyclic amines) is 1. The Morgan fingerprint density at radius 3 is 2.24 bits per heavy atom. The van der Waals surface area contributed by atoms with Gasteiger partial charge in [0, 0.05) is 39.0 Å². The first-order valence-corrected chi connectivity index (χ1v) is 10.8. The predicted molar refractivity (Wildman–Crippen MR) is 118 cm³/mol. The zero-order valence-electron chi connectivity index (χ0n) is 18.0. The van der Waals surface area contributed by atoms with Crippen LogP contribution < -0.4 is 0 Å². The van der Waals surface area contributed by atoms with E-state index in [1.807, 2.05) is 11.9 Å². The molecular weight excluding hydrogens is 358 g/mol. The Hall–Kier alpha value is -2.17. The van der Waals surface area contributed by atoms with Crippen molar-refractivity contribution in [3.8, 4) is 0 Å². The predicted octanol–water partition coefficient (Wildman–Crippen LogP) is 2.86. The quantitative estimate of drug-likeness (QED) is 0.758. The Morgan fingerprint density at radius 2 is 1.66 bits per heavy atom. The first kappa shape index (κ1) is 20.1. The van der Waals surface area contributed by atoms with Gasteiger partial charge in [0.25, 0.3) is 0 Å². The molecule has 2 aromatic carbocycles. The topological polar surface area (TPSA) is 26.8 Å². The van der Waals surface area contributed by atoms with Crippen molar-refractivity contribution in [2.75, 3.05) is 40.8 Å². The summed E-state index contributed by atoms with van der Waals surface area (Å²) >= 11 is 0. The molecule has 0 radical (unpaired) electrons. The molecule has 0 bridgehead atoms. The van der Waals surface area contributed by atoms with E-state index in [4.69, 9.17) is 0 Å². The van der Waals surface area contributed by atoms with Crippen LogP contribution in [0.2, 0.25) is 0 Å². The lowest BCUT2D eigenvalue weighted by molar-refractivity contribution is -0.144. The lowest BCUT2D eigenvalue weighted by Crippen LogP contribution is -2.60. The van der Waals surface area contributed by atoms with Crippen LogP contribution >= 0.6 is 0 Å². The lowest BCUT2D eigenvalue weighted by atomic mass is 9.90. The summed E-state index contributed by atoms with van der Waals surface area (Å²) in [6, 6.07) is 19.5. The summed E-state index contributed by atoms with van der Waals surface area (Å²) in [4.78, 5) is 20.7. The molecule has 0 unspecified atom stereocenters. The van der Waals surface area contributed by atoms with Gasteiger partial charge in [-0.2, -0.15) is 0 Å². The highest BCUT2D eigenvalue weighted by atomic mass is 16.2. The van der Waals surface area contributed by atoms with E-state index in [1.54, 1.807) is 0 Å². The van der Waals surface area contributed by atoms with Gasteiger partial charge in [0.05, 0.1) is 0 Å². The third kappa shape index (κ3) is 3.96. The summed E-state index contributed by atoms with van der Waals surface area (Å²) in [5.74, 6) is 0.282. The van der Waals surface area contributed by atoms with E-state index in [1.165, 1.54) is 16.7 Å². The van der Waals surface area contributed by atoms with Gasteiger partial charge >= 0.3 is 0 Å². The molecule has 29 heavy (non-hydrogen) atoms. The van der Waals surface area contributed by atoms with Crippen LogP contribution in [-0.2, 0) is 24.1 Å². The van der Waals surface area contributed by atoms with Gasteiger partial charge in [-0.1, -0.05) is 54.6 Å². The maximum atomic E-state index is 13.9. The third-order valence-corrected chi connectivity index (χ3v) is 7.03. The number of carbonyl (C=O) groups is 1. The highest BCUT2D eigenvalue weighted by Crippen LogP contribution is 2.36. The van der Waals surface area contributed by atoms with Gasteiger partial charge < -0.3 is 9.80 Å². The highest BCUT2D eigenvalue weighted by molar-refractivity contribution is 5.88. The van der Waals surface area contributed by atoms with Crippen molar-refractivity contribution in [1.82, 2.24) is 14.7 Å². The molecule has 1 heterocycles. The Labute approximate surface area is 175 Å². The second-order valence-corrected chi connectivity index (χ2v) is 8.93. The van der Waals surface area contributed by atoms with Crippen molar-refractivity contribution in [2.24, 2.45) is 0 Å². The van der Waals surface area contributed by atoms with Crippen LogP contribution in [0.4, 0.5) is 0 Å². The molecule has 4 heteroatoms. The van der Waals surface area contributed by atoms with E-state index in [9.17, 15) is 4.79 Å². The van der Waals surface area contributed by atoms with Gasteiger partial charge in [0.15, 0.2) is 0 Å². The summed E-state index contributed by atoms with van der Waals surface area (Å²) in [5.41, 5.74) is 3.49. The maximum Gasteiger partial charge on any atom is 0.243 e. The Morgan fingerprint density at radius 1 is 1.03 bits per heavy atom. The Kier molecular flexibility index (Phi) is 5.75. The minimum Gasteiger partial charge on any atom is -0.340 e. The first-order valence-electron chi connectivity index (χ1n) is 10.8. The van der Waals surface area contributed by atoms with Gasteiger partial charge in [-0.15, -0.1) is 0 Å². The highest BCUT2D eigenvalue weighted by Gasteiger charge is 2.49. The van der Waals surface area contributed by atoms with Crippen molar-refractivity contribution >= 4 is 5.91 Å². The molecule has 4 rings (SSSR count). The lowest BCUT2D eigenvalue weighted by Gasteiger charge is -2.41. The number of carbonyl (C=O) groups excluding carboxylic acids is 1. The number of likely N-dealkylation sites (N-methyl/N-ethyl adjacent to an activating group) is 3. The molecule has 0 aromatic heterocycles. The molecule has 1 aliphatic heterocycles. The van der Waals surface area contributed by atoms with Gasteiger partial charge in [-0.05, 0) is 50.2 Å². The van der Waals surface area contributed by atoms with Crippen molar-refractivity contribution in [1.29, 1.82) is 0 Å². The fraction of sp³-hybridized carbons (Fsp3) is 0.480. The van der Waals surface area contributed by atoms with Crippen molar-refractivity contribution < 1.29 is 4.79 Å². The number of amides is 1. The Bertz CT molecular complexity index is 825.